The first-order chi connectivity index (χ1) is 9.56. The van der Waals surface area contributed by atoms with Crippen LogP contribution in [-0.4, -0.2) is 32.3 Å². The number of hydrogen-bond donors (Lipinski definition) is 1. The molecular formula is C14H18N4OS. The minimum Gasteiger partial charge on any atom is -0.344 e. The third-order valence-corrected chi connectivity index (χ3v) is 4.71. The molecule has 0 unspecified atom stereocenters. The smallest absolute Gasteiger partial charge is 0.266 e. The fourth-order valence-corrected chi connectivity index (χ4v) is 3.63. The normalized spacial score (nSPS) is 18.8. The van der Waals surface area contributed by atoms with Crippen LogP contribution in [0.3, 0.4) is 0 Å². The van der Waals surface area contributed by atoms with Gasteiger partial charge in [0, 0.05) is 18.4 Å². The molecule has 1 amide bonds. The third-order valence-electron chi connectivity index (χ3n) is 3.65. The number of carbonyl (C=O) groups is 1. The van der Waals surface area contributed by atoms with E-state index in [0.29, 0.717) is 0 Å². The van der Waals surface area contributed by atoms with Gasteiger partial charge in [-0.25, -0.2) is 9.97 Å². The second-order valence-electron chi connectivity index (χ2n) is 5.26. The van der Waals surface area contributed by atoms with Crippen molar-refractivity contribution in [1.82, 2.24) is 19.9 Å². The molecule has 0 spiro atoms. The lowest BCUT2D eigenvalue weighted by atomic mass is 10.2. The van der Waals surface area contributed by atoms with E-state index in [2.05, 4.69) is 15.0 Å². The Labute approximate surface area is 122 Å². The number of amides is 1. The Hall–Kier alpha value is -1.69. The molecular weight excluding hydrogens is 272 g/mol. The summed E-state index contributed by atoms with van der Waals surface area (Å²) in [6.45, 7) is 6.61. The van der Waals surface area contributed by atoms with Crippen molar-refractivity contribution in [1.29, 1.82) is 0 Å². The van der Waals surface area contributed by atoms with E-state index in [-0.39, 0.29) is 11.9 Å². The Morgan fingerprint density at radius 1 is 1.45 bits per heavy atom. The molecule has 0 bridgehead atoms. The van der Waals surface area contributed by atoms with Gasteiger partial charge in [0.15, 0.2) is 0 Å². The molecule has 106 valence electrons. The van der Waals surface area contributed by atoms with Crippen molar-refractivity contribution < 1.29 is 4.79 Å². The van der Waals surface area contributed by atoms with Gasteiger partial charge in [0.2, 0.25) is 0 Å². The van der Waals surface area contributed by atoms with Crippen LogP contribution in [0.2, 0.25) is 0 Å². The SMILES string of the molecule is Cc1cnc([C@H]2CCCN2C(=O)c2sc(C)nc2C)[nH]1. The fraction of sp³-hybridized carbons (Fsp3) is 0.500. The van der Waals surface area contributed by atoms with E-state index in [4.69, 9.17) is 0 Å². The van der Waals surface area contributed by atoms with Gasteiger partial charge in [0.1, 0.15) is 10.7 Å². The molecule has 1 N–H and O–H groups in total. The van der Waals surface area contributed by atoms with Gasteiger partial charge in [-0.1, -0.05) is 0 Å². The van der Waals surface area contributed by atoms with Crippen LogP contribution in [0, 0.1) is 20.8 Å². The van der Waals surface area contributed by atoms with Crippen molar-refractivity contribution in [3.8, 4) is 0 Å². The highest BCUT2D eigenvalue weighted by atomic mass is 32.1. The zero-order valence-electron chi connectivity index (χ0n) is 11.9. The number of thiazole rings is 1. The largest absolute Gasteiger partial charge is 0.344 e. The average molecular weight is 290 g/mol. The van der Waals surface area contributed by atoms with E-state index >= 15 is 0 Å². The Morgan fingerprint density at radius 3 is 2.85 bits per heavy atom. The van der Waals surface area contributed by atoms with Crippen LogP contribution in [0.25, 0.3) is 0 Å². The molecule has 6 heteroatoms. The zero-order chi connectivity index (χ0) is 14.3. The minimum atomic E-state index is 0.0676. The van der Waals surface area contributed by atoms with Gasteiger partial charge in [-0.05, 0) is 33.6 Å². The molecule has 1 fully saturated rings. The van der Waals surface area contributed by atoms with Crippen LogP contribution in [0.15, 0.2) is 6.20 Å². The molecule has 0 aromatic carbocycles. The number of aromatic amines is 1. The molecule has 2 aromatic heterocycles. The Balaban J connectivity index is 1.89. The lowest BCUT2D eigenvalue weighted by molar-refractivity contribution is 0.0734. The second-order valence-corrected chi connectivity index (χ2v) is 6.46. The number of H-pyrrole nitrogens is 1. The zero-order valence-corrected chi connectivity index (χ0v) is 12.8. The molecule has 1 atom stereocenters. The van der Waals surface area contributed by atoms with E-state index in [1.807, 2.05) is 31.9 Å². The van der Waals surface area contributed by atoms with E-state index in [0.717, 1.165) is 46.5 Å². The molecule has 20 heavy (non-hydrogen) atoms. The van der Waals surface area contributed by atoms with Crippen molar-refractivity contribution in [2.24, 2.45) is 0 Å². The van der Waals surface area contributed by atoms with Crippen molar-refractivity contribution in [2.45, 2.75) is 39.7 Å². The van der Waals surface area contributed by atoms with Gasteiger partial charge < -0.3 is 9.88 Å². The summed E-state index contributed by atoms with van der Waals surface area (Å²) in [7, 11) is 0. The summed E-state index contributed by atoms with van der Waals surface area (Å²) in [5.74, 6) is 0.983. The van der Waals surface area contributed by atoms with Gasteiger partial charge >= 0.3 is 0 Å². The van der Waals surface area contributed by atoms with Crippen LogP contribution in [0.5, 0.6) is 0 Å². The van der Waals surface area contributed by atoms with Gasteiger partial charge in [0.05, 0.1) is 16.7 Å². The molecule has 0 radical (unpaired) electrons. The summed E-state index contributed by atoms with van der Waals surface area (Å²) in [5.41, 5.74) is 1.86. The standard InChI is InChI=1S/C14H18N4OS/c1-8-7-15-13(16-8)11-5-4-6-18(11)14(19)12-9(2)17-10(3)20-12/h7,11H,4-6H2,1-3H3,(H,15,16)/t11-/m1/s1. The summed E-state index contributed by atoms with van der Waals surface area (Å²) < 4.78 is 0. The number of nitrogens with one attached hydrogen (secondary N) is 1. The maximum atomic E-state index is 12.7. The highest BCUT2D eigenvalue weighted by Gasteiger charge is 2.33. The number of nitrogens with zero attached hydrogens (tertiary/aromatic N) is 3. The summed E-state index contributed by atoms with van der Waals surface area (Å²) >= 11 is 1.48. The maximum absolute atomic E-state index is 12.7. The van der Waals surface area contributed by atoms with E-state index in [9.17, 15) is 4.79 Å². The monoisotopic (exact) mass is 290 g/mol. The summed E-state index contributed by atoms with van der Waals surface area (Å²) in [5, 5.41) is 0.940. The topological polar surface area (TPSA) is 61.9 Å². The first kappa shape index (κ1) is 13.3. The lowest BCUT2D eigenvalue weighted by Crippen LogP contribution is -2.31. The van der Waals surface area contributed by atoms with Crippen LogP contribution < -0.4 is 0 Å². The van der Waals surface area contributed by atoms with Crippen LogP contribution >= 0.6 is 11.3 Å². The molecule has 2 aromatic rings. The van der Waals surface area contributed by atoms with Crippen LogP contribution in [0.4, 0.5) is 0 Å². The Bertz CT molecular complexity index is 645. The highest BCUT2D eigenvalue weighted by molar-refractivity contribution is 7.13. The van der Waals surface area contributed by atoms with Gasteiger partial charge in [-0.2, -0.15) is 0 Å². The number of rotatable bonds is 2. The molecule has 1 saturated heterocycles. The van der Waals surface area contributed by atoms with Crippen LogP contribution in [0.1, 0.15) is 50.8 Å². The Kier molecular flexibility index (Phi) is 3.33. The van der Waals surface area contributed by atoms with Crippen molar-refractivity contribution >= 4 is 17.2 Å². The van der Waals surface area contributed by atoms with Gasteiger partial charge in [0.25, 0.3) is 5.91 Å². The average Bonchev–Trinajstić information content (AvgIpc) is 3.08. The third kappa shape index (κ3) is 2.24. The molecule has 3 heterocycles. The summed E-state index contributed by atoms with van der Waals surface area (Å²) in [6, 6.07) is 0.0676. The van der Waals surface area contributed by atoms with Crippen molar-refractivity contribution in [3.63, 3.8) is 0 Å². The van der Waals surface area contributed by atoms with E-state index < -0.39 is 0 Å². The molecule has 3 rings (SSSR count). The summed E-state index contributed by atoms with van der Waals surface area (Å²) in [6.07, 6.45) is 3.81. The maximum Gasteiger partial charge on any atom is 0.266 e. The number of imidazole rings is 1. The first-order valence-electron chi connectivity index (χ1n) is 6.83. The lowest BCUT2D eigenvalue weighted by Gasteiger charge is -2.22. The summed E-state index contributed by atoms with van der Waals surface area (Å²) in [4.78, 5) is 27.4. The van der Waals surface area contributed by atoms with Crippen LogP contribution in [-0.2, 0) is 0 Å². The van der Waals surface area contributed by atoms with Crippen molar-refractivity contribution in [3.05, 3.63) is 33.3 Å². The number of aryl methyl sites for hydroxylation is 3. The molecule has 1 aliphatic heterocycles. The highest BCUT2D eigenvalue weighted by Crippen LogP contribution is 2.33. The molecule has 0 aliphatic carbocycles. The Morgan fingerprint density at radius 2 is 2.25 bits per heavy atom. The minimum absolute atomic E-state index is 0.0676. The number of aromatic nitrogens is 3. The first-order valence-corrected chi connectivity index (χ1v) is 7.64. The number of carbonyl (C=O) groups excluding carboxylic acids is 1. The second kappa shape index (κ2) is 5.01. The van der Waals surface area contributed by atoms with Gasteiger partial charge in [-0.3, -0.25) is 4.79 Å². The van der Waals surface area contributed by atoms with Crippen molar-refractivity contribution in [2.75, 3.05) is 6.54 Å². The molecule has 1 aliphatic rings. The predicted molar refractivity (Wildman–Crippen MR) is 77.9 cm³/mol. The number of hydrogen-bond acceptors (Lipinski definition) is 4. The molecule has 0 saturated carbocycles. The number of likely N-dealkylation sites (tertiary alicyclic amines) is 1. The molecule has 5 nitrogen and oxygen atoms in total. The van der Waals surface area contributed by atoms with E-state index in [1.165, 1.54) is 11.3 Å². The quantitative estimate of drug-likeness (QED) is 0.925. The fourth-order valence-electron chi connectivity index (χ4n) is 2.76. The predicted octanol–water partition coefficient (Wildman–Crippen LogP) is 2.77. The van der Waals surface area contributed by atoms with Gasteiger partial charge in [-0.15, -0.1) is 11.3 Å². The van der Waals surface area contributed by atoms with E-state index in [1.54, 1.807) is 0 Å².